The lowest BCUT2D eigenvalue weighted by molar-refractivity contribution is -0.143. The zero-order valence-corrected chi connectivity index (χ0v) is 13.8. The lowest BCUT2D eigenvalue weighted by Gasteiger charge is -2.16. The van der Waals surface area contributed by atoms with Gasteiger partial charge in [-0.3, -0.25) is 4.68 Å². The number of halogens is 4. The molecule has 0 fully saturated rings. The maximum atomic E-state index is 13.6. The number of ether oxygens (including phenoxy) is 1. The molecule has 0 aliphatic carbocycles. The number of hydrogen-bond donors (Lipinski definition) is 0. The summed E-state index contributed by atoms with van der Waals surface area (Å²) >= 11 is 0. The van der Waals surface area contributed by atoms with Crippen LogP contribution in [0.5, 0.6) is 0 Å². The predicted octanol–water partition coefficient (Wildman–Crippen LogP) is 4.27. The number of carbonyl (C=O) groups excluding carboxylic acids is 1. The third-order valence-corrected chi connectivity index (χ3v) is 4.06. The Morgan fingerprint density at radius 3 is 2.42 bits per heavy atom. The molecule has 1 heterocycles. The van der Waals surface area contributed by atoms with Gasteiger partial charge in [0.1, 0.15) is 5.82 Å². The fraction of sp³-hybridized carbons (Fsp3) is 0.222. The van der Waals surface area contributed by atoms with Crippen molar-refractivity contribution in [2.75, 3.05) is 7.11 Å². The molecule has 3 rings (SSSR count). The summed E-state index contributed by atoms with van der Waals surface area (Å²) in [7, 11) is 1.17. The summed E-state index contributed by atoms with van der Waals surface area (Å²) < 4.78 is 57.8. The first-order valence-electron chi connectivity index (χ1n) is 7.60. The normalized spacial score (nSPS) is 13.0. The molecule has 0 saturated heterocycles. The standard InChI is InChI=1S/C18H14F4N2O2/c1-10-7-13(19)8-15-14(10)9-24(23-15)16(17(25)26-2)11-3-5-12(6-4-11)18(20,21)22/h3-9,16H,1-2H3. The lowest BCUT2D eigenvalue weighted by Crippen LogP contribution is -2.22. The monoisotopic (exact) mass is 366 g/mol. The van der Waals surface area contributed by atoms with Crippen molar-refractivity contribution in [2.45, 2.75) is 19.1 Å². The molecular weight excluding hydrogens is 352 g/mol. The van der Waals surface area contributed by atoms with Crippen LogP contribution in [0, 0.1) is 12.7 Å². The number of esters is 1. The molecule has 2 aromatic carbocycles. The van der Waals surface area contributed by atoms with Gasteiger partial charge in [0.25, 0.3) is 0 Å². The Morgan fingerprint density at radius 1 is 1.19 bits per heavy atom. The average molecular weight is 366 g/mol. The van der Waals surface area contributed by atoms with Crippen molar-refractivity contribution < 1.29 is 27.1 Å². The average Bonchev–Trinajstić information content (AvgIpc) is 2.98. The molecule has 0 N–H and O–H groups in total. The van der Waals surface area contributed by atoms with Gasteiger partial charge in [0.15, 0.2) is 6.04 Å². The largest absolute Gasteiger partial charge is 0.467 e. The topological polar surface area (TPSA) is 44.1 Å². The minimum Gasteiger partial charge on any atom is -0.467 e. The number of aryl methyl sites for hydroxylation is 1. The first kappa shape index (κ1) is 17.9. The van der Waals surface area contributed by atoms with E-state index in [9.17, 15) is 22.4 Å². The van der Waals surface area contributed by atoms with Gasteiger partial charge < -0.3 is 4.74 Å². The minimum absolute atomic E-state index is 0.274. The lowest BCUT2D eigenvalue weighted by atomic mass is 10.0. The molecule has 3 aromatic rings. The molecule has 0 radical (unpaired) electrons. The maximum absolute atomic E-state index is 13.6. The number of methoxy groups -OCH3 is 1. The van der Waals surface area contributed by atoms with Gasteiger partial charge in [-0.2, -0.15) is 18.3 Å². The highest BCUT2D eigenvalue weighted by atomic mass is 19.4. The second-order valence-electron chi connectivity index (χ2n) is 5.81. The van der Waals surface area contributed by atoms with E-state index in [4.69, 9.17) is 4.74 Å². The second-order valence-corrected chi connectivity index (χ2v) is 5.81. The molecule has 0 aliphatic heterocycles. The van der Waals surface area contributed by atoms with E-state index in [1.807, 2.05) is 0 Å². The number of aromatic nitrogens is 2. The molecule has 1 unspecified atom stereocenters. The fourth-order valence-corrected chi connectivity index (χ4v) is 2.77. The van der Waals surface area contributed by atoms with Crippen LogP contribution in [0.4, 0.5) is 17.6 Å². The maximum Gasteiger partial charge on any atom is 0.416 e. The van der Waals surface area contributed by atoms with Crippen LogP contribution in [0.1, 0.15) is 22.7 Å². The zero-order chi connectivity index (χ0) is 19.1. The number of hydrogen-bond acceptors (Lipinski definition) is 3. The number of nitrogens with zero attached hydrogens (tertiary/aromatic N) is 2. The Bertz CT molecular complexity index is 962. The quantitative estimate of drug-likeness (QED) is 0.514. The third-order valence-electron chi connectivity index (χ3n) is 4.06. The van der Waals surface area contributed by atoms with Crippen molar-refractivity contribution in [3.63, 3.8) is 0 Å². The molecule has 4 nitrogen and oxygen atoms in total. The third kappa shape index (κ3) is 3.26. The SMILES string of the molecule is COC(=O)C(c1ccc(C(F)(F)F)cc1)n1cc2c(C)cc(F)cc2n1. The van der Waals surface area contributed by atoms with Crippen LogP contribution in [-0.4, -0.2) is 22.9 Å². The van der Waals surface area contributed by atoms with E-state index in [-0.39, 0.29) is 5.56 Å². The van der Waals surface area contributed by atoms with E-state index in [0.717, 1.165) is 12.1 Å². The van der Waals surface area contributed by atoms with Gasteiger partial charge in [-0.15, -0.1) is 0 Å². The molecule has 136 valence electrons. The zero-order valence-electron chi connectivity index (χ0n) is 13.8. The van der Waals surface area contributed by atoms with Gasteiger partial charge in [0.05, 0.1) is 18.2 Å². The van der Waals surface area contributed by atoms with E-state index < -0.39 is 29.6 Å². The summed E-state index contributed by atoms with van der Waals surface area (Å²) in [6.45, 7) is 1.70. The van der Waals surface area contributed by atoms with Crippen molar-refractivity contribution >= 4 is 16.9 Å². The van der Waals surface area contributed by atoms with Crippen LogP contribution in [0.25, 0.3) is 10.9 Å². The van der Waals surface area contributed by atoms with Gasteiger partial charge in [-0.05, 0) is 36.2 Å². The number of rotatable bonds is 3. The molecule has 0 aliphatic rings. The van der Waals surface area contributed by atoms with Crippen LogP contribution in [0.3, 0.4) is 0 Å². The van der Waals surface area contributed by atoms with Gasteiger partial charge >= 0.3 is 12.1 Å². The highest BCUT2D eigenvalue weighted by Crippen LogP contribution is 2.31. The van der Waals surface area contributed by atoms with E-state index in [1.165, 1.54) is 36.1 Å². The summed E-state index contributed by atoms with van der Waals surface area (Å²) in [5.74, 6) is -1.17. The molecule has 0 amide bonds. The van der Waals surface area contributed by atoms with E-state index >= 15 is 0 Å². The molecule has 1 aromatic heterocycles. The Hall–Kier alpha value is -2.90. The molecule has 0 bridgehead atoms. The van der Waals surface area contributed by atoms with E-state index in [0.29, 0.717) is 16.5 Å². The van der Waals surface area contributed by atoms with Gasteiger partial charge in [-0.1, -0.05) is 12.1 Å². The molecule has 26 heavy (non-hydrogen) atoms. The van der Waals surface area contributed by atoms with Crippen molar-refractivity contribution in [1.29, 1.82) is 0 Å². The number of fused-ring (bicyclic) bond motifs is 1. The smallest absolute Gasteiger partial charge is 0.416 e. The van der Waals surface area contributed by atoms with Gasteiger partial charge in [0.2, 0.25) is 0 Å². The molecule has 1 atom stereocenters. The first-order valence-corrected chi connectivity index (χ1v) is 7.60. The Kier molecular flexibility index (Phi) is 4.43. The first-order chi connectivity index (χ1) is 12.2. The Balaban J connectivity index is 2.10. The van der Waals surface area contributed by atoms with Crippen LogP contribution in [-0.2, 0) is 15.7 Å². The molecule has 0 spiro atoms. The van der Waals surface area contributed by atoms with Crippen molar-refractivity contribution in [3.05, 3.63) is 65.1 Å². The Morgan fingerprint density at radius 2 is 1.85 bits per heavy atom. The number of carbonyl (C=O) groups is 1. The summed E-state index contributed by atoms with van der Waals surface area (Å²) in [4.78, 5) is 12.2. The number of alkyl halides is 3. The highest BCUT2D eigenvalue weighted by molar-refractivity contribution is 5.83. The summed E-state index contributed by atoms with van der Waals surface area (Å²) in [6.07, 6.45) is -2.93. The van der Waals surface area contributed by atoms with Gasteiger partial charge in [-0.25, -0.2) is 9.18 Å². The Labute approximate surface area is 146 Å². The van der Waals surface area contributed by atoms with Crippen LogP contribution >= 0.6 is 0 Å². The minimum atomic E-state index is -4.48. The molecule has 0 saturated carbocycles. The molecular formula is C18H14F4N2O2. The van der Waals surface area contributed by atoms with E-state index in [1.54, 1.807) is 13.1 Å². The highest BCUT2D eigenvalue weighted by Gasteiger charge is 2.31. The summed E-state index contributed by atoms with van der Waals surface area (Å²) in [6, 6.07) is 5.64. The van der Waals surface area contributed by atoms with Crippen LogP contribution < -0.4 is 0 Å². The van der Waals surface area contributed by atoms with Crippen molar-refractivity contribution in [1.82, 2.24) is 9.78 Å². The van der Waals surface area contributed by atoms with Crippen molar-refractivity contribution in [3.8, 4) is 0 Å². The van der Waals surface area contributed by atoms with Crippen LogP contribution in [0.15, 0.2) is 42.6 Å². The van der Waals surface area contributed by atoms with E-state index in [2.05, 4.69) is 5.10 Å². The summed E-state index contributed by atoms with van der Waals surface area (Å²) in [5, 5.41) is 4.84. The fourth-order valence-electron chi connectivity index (χ4n) is 2.77. The predicted molar refractivity (Wildman–Crippen MR) is 86.0 cm³/mol. The number of benzene rings is 2. The summed E-state index contributed by atoms with van der Waals surface area (Å²) in [5.41, 5.74) is 0.412. The second kappa shape index (κ2) is 6.44. The van der Waals surface area contributed by atoms with Crippen molar-refractivity contribution in [2.24, 2.45) is 0 Å². The van der Waals surface area contributed by atoms with Gasteiger partial charge in [0, 0.05) is 17.6 Å². The molecule has 8 heteroatoms. The van der Waals surface area contributed by atoms with Crippen LogP contribution in [0.2, 0.25) is 0 Å².